The highest BCUT2D eigenvalue weighted by Gasteiger charge is 2.13. The Hall–Kier alpha value is -2.55. The highest BCUT2D eigenvalue weighted by Crippen LogP contribution is 2.33. The molecule has 0 atom stereocenters. The Morgan fingerprint density at radius 3 is 2.38 bits per heavy atom. The third kappa shape index (κ3) is 2.82. The van der Waals surface area contributed by atoms with Crippen LogP contribution in [0, 0.1) is 13.8 Å². The summed E-state index contributed by atoms with van der Waals surface area (Å²) < 4.78 is 6.02. The van der Waals surface area contributed by atoms with Gasteiger partial charge in [-0.05, 0) is 25.5 Å². The molecule has 0 saturated heterocycles. The van der Waals surface area contributed by atoms with E-state index in [1.807, 2.05) is 50.2 Å². The average molecular weight is 278 g/mol. The first-order valence-electron chi connectivity index (χ1n) is 7.03. The Morgan fingerprint density at radius 1 is 0.952 bits per heavy atom. The molecule has 1 N–H and O–H groups in total. The number of aryl methyl sites for hydroxylation is 2. The first kappa shape index (κ1) is 13.4. The van der Waals surface area contributed by atoms with Gasteiger partial charge in [0.05, 0.1) is 5.69 Å². The van der Waals surface area contributed by atoms with Crippen LogP contribution in [0.2, 0.25) is 0 Å². The van der Waals surface area contributed by atoms with E-state index in [-0.39, 0.29) is 0 Å². The van der Waals surface area contributed by atoms with Gasteiger partial charge in [0.1, 0.15) is 12.4 Å². The molecule has 3 heteroatoms. The quantitative estimate of drug-likeness (QED) is 0.773. The Kier molecular flexibility index (Phi) is 3.73. The summed E-state index contributed by atoms with van der Waals surface area (Å²) in [5, 5.41) is 7.30. The minimum atomic E-state index is 0.563. The van der Waals surface area contributed by atoms with Crippen LogP contribution in [0.15, 0.2) is 54.6 Å². The predicted molar refractivity (Wildman–Crippen MR) is 84.3 cm³/mol. The second kappa shape index (κ2) is 5.83. The summed E-state index contributed by atoms with van der Waals surface area (Å²) in [6, 6.07) is 18.3. The number of hydrogen-bond acceptors (Lipinski definition) is 2. The number of benzene rings is 2. The number of rotatable bonds is 4. The van der Waals surface area contributed by atoms with Crippen LogP contribution in [0.1, 0.15) is 17.0 Å². The maximum Gasteiger partial charge on any atom is 0.127 e. The highest BCUT2D eigenvalue weighted by atomic mass is 16.5. The van der Waals surface area contributed by atoms with Gasteiger partial charge in [0.2, 0.25) is 0 Å². The molecule has 3 aromatic rings. The summed E-state index contributed by atoms with van der Waals surface area (Å²) in [4.78, 5) is 0. The van der Waals surface area contributed by atoms with Crippen molar-refractivity contribution in [3.05, 3.63) is 71.5 Å². The number of aromatic amines is 1. The minimum absolute atomic E-state index is 0.563. The molecular formula is C18H18N2O. The molecule has 3 nitrogen and oxygen atoms in total. The molecule has 0 radical (unpaired) electrons. The van der Waals surface area contributed by atoms with Gasteiger partial charge in [-0.3, -0.25) is 5.10 Å². The van der Waals surface area contributed by atoms with Crippen LogP contribution in [0.3, 0.4) is 0 Å². The number of nitrogens with one attached hydrogen (secondary N) is 1. The molecule has 1 aromatic heterocycles. The number of hydrogen-bond donors (Lipinski definition) is 1. The molecule has 0 unspecified atom stereocenters. The lowest BCUT2D eigenvalue weighted by Crippen LogP contribution is -1.97. The van der Waals surface area contributed by atoms with E-state index in [4.69, 9.17) is 4.74 Å². The van der Waals surface area contributed by atoms with E-state index in [0.29, 0.717) is 6.61 Å². The molecular weight excluding hydrogens is 260 g/mol. The van der Waals surface area contributed by atoms with Crippen molar-refractivity contribution in [2.75, 3.05) is 0 Å². The van der Waals surface area contributed by atoms with Crippen LogP contribution in [0.5, 0.6) is 5.75 Å². The zero-order valence-electron chi connectivity index (χ0n) is 12.3. The minimum Gasteiger partial charge on any atom is -0.488 e. The van der Waals surface area contributed by atoms with Gasteiger partial charge in [-0.2, -0.15) is 5.10 Å². The van der Waals surface area contributed by atoms with E-state index in [1.54, 1.807) is 0 Å². The zero-order chi connectivity index (χ0) is 14.7. The Labute approximate surface area is 124 Å². The SMILES string of the molecule is Cc1n[nH]c(C)c1-c1ccccc1OCc1ccccc1. The van der Waals surface area contributed by atoms with Gasteiger partial charge >= 0.3 is 0 Å². The average Bonchev–Trinajstić information content (AvgIpc) is 2.85. The summed E-state index contributed by atoms with van der Waals surface area (Å²) in [5.74, 6) is 0.883. The number of para-hydroxylation sites is 1. The first-order valence-corrected chi connectivity index (χ1v) is 7.03. The summed E-state index contributed by atoms with van der Waals surface area (Å²) in [6.07, 6.45) is 0. The van der Waals surface area contributed by atoms with Crippen molar-refractivity contribution in [1.82, 2.24) is 10.2 Å². The van der Waals surface area contributed by atoms with Gasteiger partial charge in [0.25, 0.3) is 0 Å². The molecule has 0 saturated carbocycles. The molecule has 0 amide bonds. The highest BCUT2D eigenvalue weighted by molar-refractivity contribution is 5.74. The third-order valence-corrected chi connectivity index (χ3v) is 3.52. The van der Waals surface area contributed by atoms with Crippen LogP contribution in [0.4, 0.5) is 0 Å². The van der Waals surface area contributed by atoms with Gasteiger partial charge in [0.15, 0.2) is 0 Å². The molecule has 0 aliphatic heterocycles. The van der Waals surface area contributed by atoms with Crippen molar-refractivity contribution in [3.63, 3.8) is 0 Å². The van der Waals surface area contributed by atoms with Gasteiger partial charge in [-0.25, -0.2) is 0 Å². The lowest BCUT2D eigenvalue weighted by atomic mass is 10.0. The van der Waals surface area contributed by atoms with Crippen LogP contribution in [-0.4, -0.2) is 10.2 Å². The van der Waals surface area contributed by atoms with Gasteiger partial charge in [0, 0.05) is 16.8 Å². The molecule has 0 bridgehead atoms. The van der Waals surface area contributed by atoms with E-state index in [1.165, 1.54) is 0 Å². The molecule has 0 aliphatic rings. The first-order chi connectivity index (χ1) is 10.3. The topological polar surface area (TPSA) is 37.9 Å². The van der Waals surface area contributed by atoms with Gasteiger partial charge in [-0.15, -0.1) is 0 Å². The summed E-state index contributed by atoms with van der Waals surface area (Å²) in [5.41, 5.74) is 5.41. The molecule has 106 valence electrons. The molecule has 21 heavy (non-hydrogen) atoms. The maximum atomic E-state index is 6.02. The monoisotopic (exact) mass is 278 g/mol. The number of nitrogens with zero attached hydrogens (tertiary/aromatic N) is 1. The Bertz CT molecular complexity index is 712. The Morgan fingerprint density at radius 2 is 1.67 bits per heavy atom. The summed E-state index contributed by atoms with van der Waals surface area (Å²) in [7, 11) is 0. The molecule has 0 fully saturated rings. The lowest BCUT2D eigenvalue weighted by Gasteiger charge is -2.12. The van der Waals surface area contributed by atoms with Crippen LogP contribution < -0.4 is 4.74 Å². The fourth-order valence-electron chi connectivity index (χ4n) is 2.48. The van der Waals surface area contributed by atoms with E-state index in [2.05, 4.69) is 28.4 Å². The van der Waals surface area contributed by atoms with Crippen molar-refractivity contribution in [3.8, 4) is 16.9 Å². The fourth-order valence-corrected chi connectivity index (χ4v) is 2.48. The molecule has 0 spiro atoms. The van der Waals surface area contributed by atoms with Crippen LogP contribution >= 0.6 is 0 Å². The molecule has 1 heterocycles. The van der Waals surface area contributed by atoms with Crippen LogP contribution in [0.25, 0.3) is 11.1 Å². The van der Waals surface area contributed by atoms with E-state index in [9.17, 15) is 0 Å². The second-order valence-corrected chi connectivity index (χ2v) is 5.08. The predicted octanol–water partition coefficient (Wildman–Crippen LogP) is 4.27. The molecule has 2 aromatic carbocycles. The lowest BCUT2D eigenvalue weighted by molar-refractivity contribution is 0.307. The number of ether oxygens (including phenoxy) is 1. The van der Waals surface area contributed by atoms with Gasteiger partial charge < -0.3 is 4.74 Å². The summed E-state index contributed by atoms with van der Waals surface area (Å²) in [6.45, 7) is 4.60. The number of aromatic nitrogens is 2. The molecule has 0 aliphatic carbocycles. The third-order valence-electron chi connectivity index (χ3n) is 3.52. The summed E-state index contributed by atoms with van der Waals surface area (Å²) >= 11 is 0. The van der Waals surface area contributed by atoms with Crippen molar-refractivity contribution >= 4 is 0 Å². The molecule has 3 rings (SSSR count). The normalized spacial score (nSPS) is 10.6. The van der Waals surface area contributed by atoms with E-state index >= 15 is 0 Å². The van der Waals surface area contributed by atoms with E-state index in [0.717, 1.165) is 33.8 Å². The van der Waals surface area contributed by atoms with Crippen molar-refractivity contribution < 1.29 is 4.74 Å². The van der Waals surface area contributed by atoms with Gasteiger partial charge in [-0.1, -0.05) is 48.5 Å². The zero-order valence-corrected chi connectivity index (χ0v) is 12.3. The fraction of sp³-hybridized carbons (Fsp3) is 0.167. The number of H-pyrrole nitrogens is 1. The smallest absolute Gasteiger partial charge is 0.127 e. The standard InChI is InChI=1S/C18H18N2O/c1-13-18(14(2)20-19-13)16-10-6-7-11-17(16)21-12-15-8-4-3-5-9-15/h3-11H,12H2,1-2H3,(H,19,20). The maximum absolute atomic E-state index is 6.02. The van der Waals surface area contributed by atoms with Crippen molar-refractivity contribution in [2.24, 2.45) is 0 Å². The van der Waals surface area contributed by atoms with E-state index < -0.39 is 0 Å². The van der Waals surface area contributed by atoms with Crippen LogP contribution in [-0.2, 0) is 6.61 Å². The van der Waals surface area contributed by atoms with Crippen molar-refractivity contribution in [2.45, 2.75) is 20.5 Å². The second-order valence-electron chi connectivity index (χ2n) is 5.08. The Balaban J connectivity index is 1.90. The van der Waals surface area contributed by atoms with Crippen molar-refractivity contribution in [1.29, 1.82) is 0 Å². The largest absolute Gasteiger partial charge is 0.488 e.